The van der Waals surface area contributed by atoms with Crippen LogP contribution in [0.1, 0.15) is 39.7 Å². The third-order valence-corrected chi connectivity index (χ3v) is 4.05. The van der Waals surface area contributed by atoms with Crippen LogP contribution in [0, 0.1) is 18.2 Å². The van der Waals surface area contributed by atoms with Crippen molar-refractivity contribution in [2.24, 2.45) is 5.41 Å². The molecule has 1 aromatic carbocycles. The molecule has 0 bridgehead atoms. The van der Waals surface area contributed by atoms with Crippen LogP contribution in [0.4, 0.5) is 10.1 Å². The van der Waals surface area contributed by atoms with E-state index in [1.165, 1.54) is 11.0 Å². The van der Waals surface area contributed by atoms with Gasteiger partial charge in [-0.25, -0.2) is 4.39 Å². The van der Waals surface area contributed by atoms with Crippen LogP contribution in [0.15, 0.2) is 18.2 Å². The Labute approximate surface area is 137 Å². The molecule has 0 N–H and O–H groups in total. The van der Waals surface area contributed by atoms with Gasteiger partial charge < -0.3 is 9.80 Å². The lowest BCUT2D eigenvalue weighted by molar-refractivity contribution is -0.142. The number of nitrogens with zero attached hydrogens (tertiary/aromatic N) is 2. The molecule has 0 aliphatic carbocycles. The van der Waals surface area contributed by atoms with Gasteiger partial charge in [0.15, 0.2) is 0 Å². The van der Waals surface area contributed by atoms with E-state index in [0.717, 1.165) is 5.56 Å². The van der Waals surface area contributed by atoms with Gasteiger partial charge in [0.25, 0.3) is 0 Å². The fourth-order valence-electron chi connectivity index (χ4n) is 2.84. The largest absolute Gasteiger partial charge is 0.329 e. The third-order valence-electron chi connectivity index (χ3n) is 4.05. The minimum atomic E-state index is -0.571. The maximum absolute atomic E-state index is 14.1. The first kappa shape index (κ1) is 17.4. The van der Waals surface area contributed by atoms with Gasteiger partial charge in [0.1, 0.15) is 11.9 Å². The molecule has 2 rings (SSSR count). The average molecular weight is 320 g/mol. The maximum Gasteiger partial charge on any atom is 0.249 e. The van der Waals surface area contributed by atoms with Crippen molar-refractivity contribution < 1.29 is 14.0 Å². The monoisotopic (exact) mass is 320 g/mol. The Morgan fingerprint density at radius 2 is 1.96 bits per heavy atom. The van der Waals surface area contributed by atoms with E-state index in [4.69, 9.17) is 0 Å². The number of hydrogen-bond acceptors (Lipinski definition) is 2. The topological polar surface area (TPSA) is 40.6 Å². The zero-order valence-electron chi connectivity index (χ0n) is 14.5. The van der Waals surface area contributed by atoms with Gasteiger partial charge in [0.05, 0.1) is 5.69 Å². The number of aryl methyl sites for hydroxylation is 1. The molecule has 1 heterocycles. The summed E-state index contributed by atoms with van der Waals surface area (Å²) in [7, 11) is 0. The second kappa shape index (κ2) is 6.30. The first-order valence-electron chi connectivity index (χ1n) is 7.97. The highest BCUT2D eigenvalue weighted by atomic mass is 19.1. The molecular formula is C18H25FN2O2. The summed E-state index contributed by atoms with van der Waals surface area (Å²) in [6.07, 6.45) is 0.392. The van der Waals surface area contributed by atoms with Gasteiger partial charge >= 0.3 is 0 Å². The molecule has 4 nitrogen and oxygen atoms in total. The SMILES string of the molecule is Cc1ccc(F)c(N2CCN(C(=O)CC(C)(C)C)[C@H](C)C2=O)c1. The van der Waals surface area contributed by atoms with Crippen molar-refractivity contribution >= 4 is 17.5 Å². The number of anilines is 1. The molecular weight excluding hydrogens is 295 g/mol. The Kier molecular flexibility index (Phi) is 4.78. The van der Waals surface area contributed by atoms with Crippen LogP contribution in [0.25, 0.3) is 0 Å². The van der Waals surface area contributed by atoms with Crippen LogP contribution < -0.4 is 4.90 Å². The number of hydrogen-bond donors (Lipinski definition) is 0. The molecule has 126 valence electrons. The number of benzene rings is 1. The van der Waals surface area contributed by atoms with E-state index in [-0.39, 0.29) is 17.2 Å². The molecule has 1 fully saturated rings. The van der Waals surface area contributed by atoms with Crippen LogP contribution in [-0.4, -0.2) is 35.8 Å². The summed E-state index contributed by atoms with van der Waals surface area (Å²) in [6.45, 7) is 10.3. The van der Waals surface area contributed by atoms with E-state index < -0.39 is 11.9 Å². The summed E-state index contributed by atoms with van der Waals surface area (Å²) in [5, 5.41) is 0. The van der Waals surface area contributed by atoms with Crippen LogP contribution >= 0.6 is 0 Å². The van der Waals surface area contributed by atoms with E-state index in [2.05, 4.69) is 0 Å². The summed E-state index contributed by atoms with van der Waals surface area (Å²) < 4.78 is 14.1. The number of rotatable bonds is 2. The molecule has 0 saturated carbocycles. The van der Waals surface area contributed by atoms with Crippen LogP contribution in [0.5, 0.6) is 0 Å². The Balaban J connectivity index is 2.18. The Morgan fingerprint density at radius 1 is 1.30 bits per heavy atom. The fraction of sp³-hybridized carbons (Fsp3) is 0.556. The number of amides is 2. The predicted octanol–water partition coefficient (Wildman–Crippen LogP) is 3.13. The first-order valence-corrected chi connectivity index (χ1v) is 7.97. The van der Waals surface area contributed by atoms with Crippen molar-refractivity contribution in [2.75, 3.05) is 18.0 Å². The molecule has 5 heteroatoms. The molecule has 0 radical (unpaired) electrons. The lowest BCUT2D eigenvalue weighted by Gasteiger charge is -2.40. The summed E-state index contributed by atoms with van der Waals surface area (Å²) in [4.78, 5) is 28.1. The van der Waals surface area contributed by atoms with E-state index in [1.807, 2.05) is 27.7 Å². The van der Waals surface area contributed by atoms with Crippen molar-refractivity contribution in [1.82, 2.24) is 4.90 Å². The van der Waals surface area contributed by atoms with Crippen LogP contribution in [0.2, 0.25) is 0 Å². The minimum absolute atomic E-state index is 0.0253. The van der Waals surface area contributed by atoms with Gasteiger partial charge in [0, 0.05) is 19.5 Å². The van der Waals surface area contributed by atoms with E-state index in [0.29, 0.717) is 25.2 Å². The Hall–Kier alpha value is -1.91. The molecule has 0 unspecified atom stereocenters. The van der Waals surface area contributed by atoms with E-state index in [1.54, 1.807) is 24.0 Å². The van der Waals surface area contributed by atoms with Gasteiger partial charge in [-0.15, -0.1) is 0 Å². The van der Waals surface area contributed by atoms with Gasteiger partial charge in [-0.2, -0.15) is 0 Å². The lowest BCUT2D eigenvalue weighted by atomic mass is 9.91. The molecule has 2 amide bonds. The minimum Gasteiger partial charge on any atom is -0.329 e. The highest BCUT2D eigenvalue weighted by molar-refractivity contribution is 6.00. The molecule has 1 aliphatic heterocycles. The summed E-state index contributed by atoms with van der Waals surface area (Å²) >= 11 is 0. The molecule has 1 aliphatic rings. The highest BCUT2D eigenvalue weighted by Gasteiger charge is 2.36. The predicted molar refractivity (Wildman–Crippen MR) is 88.7 cm³/mol. The Morgan fingerprint density at radius 3 is 2.57 bits per heavy atom. The molecule has 0 aromatic heterocycles. The summed E-state index contributed by atoms with van der Waals surface area (Å²) in [6, 6.07) is 4.15. The number of piperazine rings is 1. The second-order valence-electron chi connectivity index (χ2n) is 7.45. The smallest absolute Gasteiger partial charge is 0.249 e. The lowest BCUT2D eigenvalue weighted by Crippen LogP contribution is -2.58. The van der Waals surface area contributed by atoms with Gasteiger partial charge in [-0.3, -0.25) is 9.59 Å². The van der Waals surface area contributed by atoms with Gasteiger partial charge in [0.2, 0.25) is 11.8 Å². The quantitative estimate of drug-likeness (QED) is 0.840. The summed E-state index contributed by atoms with van der Waals surface area (Å²) in [5.74, 6) is -0.670. The number of carbonyl (C=O) groups excluding carboxylic acids is 2. The van der Waals surface area contributed by atoms with Crippen molar-refractivity contribution in [1.29, 1.82) is 0 Å². The Bertz CT molecular complexity index is 622. The normalized spacial score (nSPS) is 19.2. The maximum atomic E-state index is 14.1. The van der Waals surface area contributed by atoms with Gasteiger partial charge in [-0.1, -0.05) is 26.8 Å². The fourth-order valence-corrected chi connectivity index (χ4v) is 2.84. The third kappa shape index (κ3) is 3.89. The van der Waals surface area contributed by atoms with E-state index in [9.17, 15) is 14.0 Å². The highest BCUT2D eigenvalue weighted by Crippen LogP contribution is 2.27. The summed E-state index contributed by atoms with van der Waals surface area (Å²) in [5.41, 5.74) is 1.07. The van der Waals surface area contributed by atoms with Crippen molar-refractivity contribution in [3.8, 4) is 0 Å². The number of halogens is 1. The zero-order valence-corrected chi connectivity index (χ0v) is 14.5. The molecule has 1 aromatic rings. The van der Waals surface area contributed by atoms with Crippen LogP contribution in [0.3, 0.4) is 0 Å². The average Bonchev–Trinajstić information content (AvgIpc) is 2.42. The van der Waals surface area contributed by atoms with E-state index >= 15 is 0 Å². The zero-order chi connectivity index (χ0) is 17.4. The molecule has 1 saturated heterocycles. The van der Waals surface area contributed by atoms with Crippen LogP contribution in [-0.2, 0) is 9.59 Å². The standard InChI is InChI=1S/C18H25FN2O2/c1-12-6-7-14(19)15(10-12)21-9-8-20(13(2)17(21)23)16(22)11-18(3,4)5/h6-7,10,13H,8-9,11H2,1-5H3/t13-/m1/s1. The molecule has 1 atom stereocenters. The van der Waals surface area contributed by atoms with Crippen molar-refractivity contribution in [3.63, 3.8) is 0 Å². The molecule has 0 spiro atoms. The van der Waals surface area contributed by atoms with Gasteiger partial charge in [-0.05, 0) is 37.0 Å². The molecule has 23 heavy (non-hydrogen) atoms. The van der Waals surface area contributed by atoms with Crippen molar-refractivity contribution in [2.45, 2.75) is 47.1 Å². The van der Waals surface area contributed by atoms with Crippen molar-refractivity contribution in [3.05, 3.63) is 29.6 Å². The number of carbonyl (C=O) groups is 2. The first-order chi connectivity index (χ1) is 10.6. The second-order valence-corrected chi connectivity index (χ2v) is 7.45.